The van der Waals surface area contributed by atoms with Crippen LogP contribution in [0, 0.1) is 12.3 Å². The Balaban J connectivity index is 1.40. The number of hydrogen-bond donors (Lipinski definition) is 1. The normalized spacial score (nSPS) is 22.1. The van der Waals surface area contributed by atoms with Gasteiger partial charge in [-0.25, -0.2) is 4.98 Å². The SMILES string of the molecule is Cc1ccc(C2CN(C)CC2NC(=O)C(C)(C)COc2ncccc2C2CC2)cn1. The van der Waals surface area contributed by atoms with E-state index in [1.54, 1.807) is 6.20 Å². The maximum absolute atomic E-state index is 13.2. The lowest BCUT2D eigenvalue weighted by atomic mass is 9.90. The molecule has 30 heavy (non-hydrogen) atoms. The summed E-state index contributed by atoms with van der Waals surface area (Å²) in [6.07, 6.45) is 6.07. The second-order valence-electron chi connectivity index (χ2n) is 9.49. The molecule has 1 aliphatic carbocycles. The zero-order valence-electron chi connectivity index (χ0n) is 18.4. The van der Waals surface area contributed by atoms with Crippen LogP contribution in [0.4, 0.5) is 0 Å². The Morgan fingerprint density at radius 2 is 2.03 bits per heavy atom. The minimum atomic E-state index is -0.657. The lowest BCUT2D eigenvalue weighted by Crippen LogP contribution is -2.48. The van der Waals surface area contributed by atoms with Crippen molar-refractivity contribution in [3.8, 4) is 5.88 Å². The van der Waals surface area contributed by atoms with E-state index in [0.29, 0.717) is 18.4 Å². The van der Waals surface area contributed by atoms with Crippen molar-refractivity contribution in [3.05, 3.63) is 53.5 Å². The van der Waals surface area contributed by atoms with Crippen LogP contribution in [-0.4, -0.2) is 53.6 Å². The van der Waals surface area contributed by atoms with Gasteiger partial charge >= 0.3 is 0 Å². The molecule has 1 saturated carbocycles. The van der Waals surface area contributed by atoms with E-state index in [2.05, 4.69) is 39.4 Å². The molecule has 1 amide bonds. The maximum atomic E-state index is 13.2. The highest BCUT2D eigenvalue weighted by Crippen LogP contribution is 2.43. The largest absolute Gasteiger partial charge is 0.476 e. The van der Waals surface area contributed by atoms with Gasteiger partial charge in [-0.1, -0.05) is 12.1 Å². The van der Waals surface area contributed by atoms with E-state index >= 15 is 0 Å². The molecule has 2 atom stereocenters. The van der Waals surface area contributed by atoms with E-state index < -0.39 is 5.41 Å². The molecular formula is C24H32N4O2. The van der Waals surface area contributed by atoms with E-state index in [4.69, 9.17) is 4.74 Å². The van der Waals surface area contributed by atoms with Crippen LogP contribution >= 0.6 is 0 Å². The summed E-state index contributed by atoms with van der Waals surface area (Å²) in [5.41, 5.74) is 2.68. The number of carbonyl (C=O) groups is 1. The molecular weight excluding hydrogens is 376 g/mol. The number of nitrogens with one attached hydrogen (secondary N) is 1. The summed E-state index contributed by atoms with van der Waals surface area (Å²) in [4.78, 5) is 24.3. The summed E-state index contributed by atoms with van der Waals surface area (Å²) in [6.45, 7) is 7.89. The average Bonchev–Trinajstić information content (AvgIpc) is 3.50. The molecule has 0 bridgehead atoms. The van der Waals surface area contributed by atoms with Gasteiger partial charge in [-0.2, -0.15) is 0 Å². The van der Waals surface area contributed by atoms with Gasteiger partial charge in [0, 0.05) is 48.7 Å². The van der Waals surface area contributed by atoms with Crippen molar-refractivity contribution in [2.45, 2.75) is 51.5 Å². The Labute approximate surface area is 179 Å². The summed E-state index contributed by atoms with van der Waals surface area (Å²) >= 11 is 0. The van der Waals surface area contributed by atoms with Crippen molar-refractivity contribution in [3.63, 3.8) is 0 Å². The average molecular weight is 409 g/mol. The van der Waals surface area contributed by atoms with Gasteiger partial charge in [0.15, 0.2) is 0 Å². The molecule has 2 unspecified atom stereocenters. The molecule has 6 nitrogen and oxygen atoms in total. The fourth-order valence-corrected chi connectivity index (χ4v) is 4.09. The molecule has 6 heteroatoms. The van der Waals surface area contributed by atoms with Crippen molar-refractivity contribution in [1.29, 1.82) is 0 Å². The van der Waals surface area contributed by atoms with E-state index in [-0.39, 0.29) is 17.9 Å². The molecule has 4 rings (SSSR count). The molecule has 2 aliphatic rings. The number of carbonyl (C=O) groups excluding carboxylic acids is 1. The smallest absolute Gasteiger partial charge is 0.229 e. The van der Waals surface area contributed by atoms with Crippen molar-refractivity contribution in [2.75, 3.05) is 26.7 Å². The van der Waals surface area contributed by atoms with Crippen LogP contribution in [0.15, 0.2) is 36.7 Å². The first-order valence-corrected chi connectivity index (χ1v) is 10.8. The molecule has 0 radical (unpaired) electrons. The Morgan fingerprint density at radius 1 is 1.23 bits per heavy atom. The maximum Gasteiger partial charge on any atom is 0.229 e. The number of amides is 1. The topological polar surface area (TPSA) is 67.4 Å². The fraction of sp³-hybridized carbons (Fsp3) is 0.542. The molecule has 1 saturated heterocycles. The summed E-state index contributed by atoms with van der Waals surface area (Å²) in [5, 5.41) is 3.29. The number of likely N-dealkylation sites (N-methyl/N-ethyl adjacent to an activating group) is 1. The van der Waals surface area contributed by atoms with Gasteiger partial charge in [-0.3, -0.25) is 9.78 Å². The standard InChI is InChI=1S/C24H32N4O2/c1-16-7-8-18(12-26-16)20-13-28(4)14-21(20)27-23(29)24(2,3)15-30-22-19(17-9-10-17)6-5-11-25-22/h5-8,11-12,17,20-21H,9-10,13-15H2,1-4H3,(H,27,29). The zero-order chi connectivity index (χ0) is 21.3. The van der Waals surface area contributed by atoms with Crippen LogP contribution in [0.1, 0.15) is 55.3 Å². The molecule has 2 aromatic heterocycles. The van der Waals surface area contributed by atoms with Crippen LogP contribution in [0.3, 0.4) is 0 Å². The highest BCUT2D eigenvalue weighted by molar-refractivity contribution is 5.82. The number of aromatic nitrogens is 2. The minimum absolute atomic E-state index is 0.0109. The van der Waals surface area contributed by atoms with Gasteiger partial charge in [0.25, 0.3) is 0 Å². The van der Waals surface area contributed by atoms with E-state index in [1.165, 1.54) is 18.4 Å². The minimum Gasteiger partial charge on any atom is -0.476 e. The van der Waals surface area contributed by atoms with Gasteiger partial charge in [0.05, 0.1) is 5.41 Å². The summed E-state index contributed by atoms with van der Waals surface area (Å²) in [7, 11) is 2.09. The molecule has 2 fully saturated rings. The number of nitrogens with zero attached hydrogens (tertiary/aromatic N) is 3. The van der Waals surface area contributed by atoms with Crippen LogP contribution in [0.5, 0.6) is 5.88 Å². The predicted molar refractivity (Wildman–Crippen MR) is 117 cm³/mol. The van der Waals surface area contributed by atoms with Crippen LogP contribution in [-0.2, 0) is 4.79 Å². The molecule has 0 spiro atoms. The fourth-order valence-electron chi connectivity index (χ4n) is 4.09. The van der Waals surface area contributed by atoms with Crippen LogP contribution in [0.2, 0.25) is 0 Å². The monoisotopic (exact) mass is 408 g/mol. The molecule has 1 N–H and O–H groups in total. The van der Waals surface area contributed by atoms with Crippen molar-refractivity contribution in [1.82, 2.24) is 20.2 Å². The third kappa shape index (κ3) is 4.64. The molecule has 3 heterocycles. The highest BCUT2D eigenvalue weighted by atomic mass is 16.5. The van der Waals surface area contributed by atoms with Gasteiger partial charge in [-0.15, -0.1) is 0 Å². The first-order valence-electron chi connectivity index (χ1n) is 10.8. The zero-order valence-corrected chi connectivity index (χ0v) is 18.4. The molecule has 2 aromatic rings. The second kappa shape index (κ2) is 8.34. The summed E-state index contributed by atoms with van der Waals surface area (Å²) in [5.74, 6) is 1.48. The predicted octanol–water partition coefficient (Wildman–Crippen LogP) is 3.28. The van der Waals surface area contributed by atoms with E-state index in [0.717, 1.165) is 24.3 Å². The van der Waals surface area contributed by atoms with Gasteiger partial charge in [0.2, 0.25) is 11.8 Å². The van der Waals surface area contributed by atoms with Crippen molar-refractivity contribution in [2.24, 2.45) is 5.41 Å². The molecule has 160 valence electrons. The van der Waals surface area contributed by atoms with Crippen LogP contribution in [0.25, 0.3) is 0 Å². The van der Waals surface area contributed by atoms with Crippen molar-refractivity contribution < 1.29 is 9.53 Å². The highest BCUT2D eigenvalue weighted by Gasteiger charge is 2.37. The van der Waals surface area contributed by atoms with E-state index in [1.807, 2.05) is 39.1 Å². The molecule has 0 aromatic carbocycles. The number of likely N-dealkylation sites (tertiary alicyclic amines) is 1. The number of pyridine rings is 2. The van der Waals surface area contributed by atoms with Gasteiger partial charge < -0.3 is 15.0 Å². The van der Waals surface area contributed by atoms with Crippen LogP contribution < -0.4 is 10.1 Å². The first kappa shape index (κ1) is 20.8. The Hall–Kier alpha value is -2.47. The molecule has 1 aliphatic heterocycles. The third-order valence-electron chi connectivity index (χ3n) is 6.18. The quantitative estimate of drug-likeness (QED) is 0.762. The third-order valence-corrected chi connectivity index (χ3v) is 6.18. The first-order chi connectivity index (χ1) is 14.3. The Kier molecular flexibility index (Phi) is 5.78. The Morgan fingerprint density at radius 3 is 2.73 bits per heavy atom. The van der Waals surface area contributed by atoms with Gasteiger partial charge in [-0.05, 0) is 64.3 Å². The lowest BCUT2D eigenvalue weighted by molar-refractivity contribution is -0.131. The number of rotatable bonds is 7. The lowest BCUT2D eigenvalue weighted by Gasteiger charge is -2.28. The summed E-state index contributed by atoms with van der Waals surface area (Å²) in [6, 6.07) is 8.26. The second-order valence-corrected chi connectivity index (χ2v) is 9.49. The number of hydrogen-bond acceptors (Lipinski definition) is 5. The van der Waals surface area contributed by atoms with Crippen molar-refractivity contribution >= 4 is 5.91 Å². The summed E-state index contributed by atoms with van der Waals surface area (Å²) < 4.78 is 6.04. The van der Waals surface area contributed by atoms with E-state index in [9.17, 15) is 4.79 Å². The number of ether oxygens (including phenoxy) is 1. The number of aryl methyl sites for hydroxylation is 1. The van der Waals surface area contributed by atoms with Gasteiger partial charge in [0.1, 0.15) is 6.61 Å². The Bertz CT molecular complexity index is 892.